The van der Waals surface area contributed by atoms with E-state index in [4.69, 9.17) is 18.0 Å². The predicted molar refractivity (Wildman–Crippen MR) is 85.7 cm³/mol. The van der Waals surface area contributed by atoms with Crippen molar-refractivity contribution < 1.29 is 4.79 Å². The van der Waals surface area contributed by atoms with Crippen LogP contribution in [0.15, 0.2) is 42.9 Å². The summed E-state index contributed by atoms with van der Waals surface area (Å²) in [5.41, 5.74) is 7.72. The molecule has 1 atom stereocenters. The zero-order valence-electron chi connectivity index (χ0n) is 11.6. The van der Waals surface area contributed by atoms with Gasteiger partial charge in [0, 0.05) is 24.9 Å². The molecular formula is C15H18N4OS. The minimum Gasteiger partial charge on any atom is -0.393 e. The minimum atomic E-state index is -0.482. The SMILES string of the molecule is NC(=S)C(Cc1ccccc1)C(=O)NCCc1cnc[nH]1. The fourth-order valence-corrected chi connectivity index (χ4v) is 2.23. The Morgan fingerprint density at radius 1 is 1.38 bits per heavy atom. The molecule has 0 aliphatic heterocycles. The number of nitrogens with two attached hydrogens (primary N) is 1. The van der Waals surface area contributed by atoms with Gasteiger partial charge in [0.05, 0.1) is 17.2 Å². The number of hydrogen-bond acceptors (Lipinski definition) is 3. The number of benzene rings is 1. The first kappa shape index (κ1) is 15.2. The van der Waals surface area contributed by atoms with Gasteiger partial charge in [0.25, 0.3) is 0 Å². The van der Waals surface area contributed by atoms with Gasteiger partial charge >= 0.3 is 0 Å². The van der Waals surface area contributed by atoms with E-state index < -0.39 is 5.92 Å². The van der Waals surface area contributed by atoms with Crippen LogP contribution in [0.2, 0.25) is 0 Å². The van der Waals surface area contributed by atoms with E-state index >= 15 is 0 Å². The number of hydrogen-bond donors (Lipinski definition) is 3. The van der Waals surface area contributed by atoms with Crippen LogP contribution in [0, 0.1) is 5.92 Å². The molecule has 1 aromatic heterocycles. The number of nitrogens with one attached hydrogen (secondary N) is 2. The molecule has 1 amide bonds. The van der Waals surface area contributed by atoms with Gasteiger partial charge in [-0.2, -0.15) is 0 Å². The highest BCUT2D eigenvalue weighted by atomic mass is 32.1. The maximum Gasteiger partial charge on any atom is 0.230 e. The Morgan fingerprint density at radius 2 is 2.14 bits per heavy atom. The number of aromatic amines is 1. The van der Waals surface area contributed by atoms with Gasteiger partial charge in [-0.05, 0) is 12.0 Å². The van der Waals surface area contributed by atoms with Crippen LogP contribution in [0.4, 0.5) is 0 Å². The number of imidazole rings is 1. The number of amides is 1. The summed E-state index contributed by atoms with van der Waals surface area (Å²) in [7, 11) is 0. The number of carbonyl (C=O) groups excluding carboxylic acids is 1. The van der Waals surface area contributed by atoms with Gasteiger partial charge in [0.15, 0.2) is 0 Å². The summed E-state index contributed by atoms with van der Waals surface area (Å²) >= 11 is 5.02. The van der Waals surface area contributed by atoms with Gasteiger partial charge in [-0.3, -0.25) is 4.79 Å². The van der Waals surface area contributed by atoms with E-state index in [-0.39, 0.29) is 10.9 Å². The minimum absolute atomic E-state index is 0.133. The second-order valence-corrected chi connectivity index (χ2v) is 5.23. The normalized spacial score (nSPS) is 11.8. The molecule has 0 spiro atoms. The zero-order chi connectivity index (χ0) is 15.1. The maximum atomic E-state index is 12.2. The number of rotatable bonds is 7. The third-order valence-electron chi connectivity index (χ3n) is 3.19. The van der Waals surface area contributed by atoms with Gasteiger partial charge < -0.3 is 16.0 Å². The van der Waals surface area contributed by atoms with Gasteiger partial charge in [-0.15, -0.1) is 0 Å². The zero-order valence-corrected chi connectivity index (χ0v) is 12.4. The van der Waals surface area contributed by atoms with Crippen molar-refractivity contribution in [2.24, 2.45) is 11.7 Å². The summed E-state index contributed by atoms with van der Waals surface area (Å²) in [6.07, 6.45) is 4.57. The number of nitrogens with zero attached hydrogens (tertiary/aromatic N) is 1. The lowest BCUT2D eigenvalue weighted by Crippen LogP contribution is -2.39. The molecule has 21 heavy (non-hydrogen) atoms. The summed E-state index contributed by atoms with van der Waals surface area (Å²) in [6, 6.07) is 9.72. The average Bonchev–Trinajstić information content (AvgIpc) is 2.98. The predicted octanol–water partition coefficient (Wildman–Crippen LogP) is 1.21. The molecule has 0 aliphatic rings. The molecule has 6 heteroatoms. The lowest BCUT2D eigenvalue weighted by molar-refractivity contribution is -0.122. The largest absolute Gasteiger partial charge is 0.393 e. The van der Waals surface area contributed by atoms with Crippen molar-refractivity contribution in [1.29, 1.82) is 0 Å². The van der Waals surface area contributed by atoms with Gasteiger partial charge in [0.1, 0.15) is 0 Å². The van der Waals surface area contributed by atoms with E-state index in [2.05, 4.69) is 15.3 Å². The van der Waals surface area contributed by atoms with Crippen LogP contribution < -0.4 is 11.1 Å². The van der Waals surface area contributed by atoms with E-state index in [0.717, 1.165) is 11.3 Å². The summed E-state index contributed by atoms with van der Waals surface area (Å²) in [5.74, 6) is -0.616. The average molecular weight is 302 g/mol. The van der Waals surface area contributed by atoms with Crippen molar-refractivity contribution in [1.82, 2.24) is 15.3 Å². The van der Waals surface area contributed by atoms with Crippen LogP contribution in [-0.2, 0) is 17.6 Å². The van der Waals surface area contributed by atoms with E-state index in [9.17, 15) is 4.79 Å². The fourth-order valence-electron chi connectivity index (χ4n) is 2.04. The molecule has 4 N–H and O–H groups in total. The number of H-pyrrole nitrogens is 1. The molecule has 5 nitrogen and oxygen atoms in total. The van der Waals surface area contributed by atoms with Crippen LogP contribution in [0.3, 0.4) is 0 Å². The Morgan fingerprint density at radius 3 is 2.76 bits per heavy atom. The Hall–Kier alpha value is -2.21. The van der Waals surface area contributed by atoms with Crippen LogP contribution in [-0.4, -0.2) is 27.4 Å². The Labute approximate surface area is 129 Å². The van der Waals surface area contributed by atoms with Crippen molar-refractivity contribution in [2.45, 2.75) is 12.8 Å². The molecule has 0 radical (unpaired) electrons. The van der Waals surface area contributed by atoms with Gasteiger partial charge in [-0.1, -0.05) is 42.5 Å². The van der Waals surface area contributed by atoms with Crippen molar-refractivity contribution in [3.05, 3.63) is 54.1 Å². The third kappa shape index (κ3) is 4.68. The third-order valence-corrected chi connectivity index (χ3v) is 3.48. The molecule has 2 rings (SSSR count). The molecule has 1 heterocycles. The molecular weight excluding hydrogens is 284 g/mol. The molecule has 0 fully saturated rings. The van der Waals surface area contributed by atoms with Gasteiger partial charge in [0.2, 0.25) is 5.91 Å². The molecule has 0 saturated carbocycles. The molecule has 0 bridgehead atoms. The highest BCUT2D eigenvalue weighted by Gasteiger charge is 2.21. The molecule has 0 saturated heterocycles. The van der Waals surface area contributed by atoms with E-state index in [1.165, 1.54) is 0 Å². The molecule has 110 valence electrons. The maximum absolute atomic E-state index is 12.2. The molecule has 2 aromatic rings. The first-order valence-electron chi connectivity index (χ1n) is 6.75. The quantitative estimate of drug-likeness (QED) is 0.671. The number of aromatic nitrogens is 2. The molecule has 0 aliphatic carbocycles. The number of thiocarbonyl (C=S) groups is 1. The van der Waals surface area contributed by atoms with Crippen molar-refractivity contribution in [2.75, 3.05) is 6.54 Å². The summed E-state index contributed by atoms with van der Waals surface area (Å²) < 4.78 is 0. The summed E-state index contributed by atoms with van der Waals surface area (Å²) in [6.45, 7) is 0.523. The molecule has 1 unspecified atom stereocenters. The van der Waals surface area contributed by atoms with E-state index in [1.54, 1.807) is 12.5 Å². The Balaban J connectivity index is 1.88. The van der Waals surface area contributed by atoms with Crippen molar-refractivity contribution in [3.63, 3.8) is 0 Å². The summed E-state index contributed by atoms with van der Waals surface area (Å²) in [4.78, 5) is 19.4. The highest BCUT2D eigenvalue weighted by Crippen LogP contribution is 2.09. The fraction of sp³-hybridized carbons (Fsp3) is 0.267. The smallest absolute Gasteiger partial charge is 0.230 e. The van der Waals surface area contributed by atoms with E-state index in [0.29, 0.717) is 19.4 Å². The lowest BCUT2D eigenvalue weighted by Gasteiger charge is -2.15. The van der Waals surface area contributed by atoms with Crippen molar-refractivity contribution >= 4 is 23.1 Å². The molecule has 1 aromatic carbocycles. The first-order valence-corrected chi connectivity index (χ1v) is 7.16. The standard InChI is InChI=1S/C15H18N4OS/c16-14(21)13(8-11-4-2-1-3-5-11)15(20)18-7-6-12-9-17-10-19-12/h1-5,9-10,13H,6-8H2,(H2,16,21)(H,17,19)(H,18,20). The van der Waals surface area contributed by atoms with E-state index in [1.807, 2.05) is 30.3 Å². The second-order valence-electron chi connectivity index (χ2n) is 4.76. The second kappa shape index (κ2) is 7.54. The van der Waals surface area contributed by atoms with Crippen LogP contribution >= 0.6 is 12.2 Å². The first-order chi connectivity index (χ1) is 10.2. The van der Waals surface area contributed by atoms with Crippen LogP contribution in [0.5, 0.6) is 0 Å². The Bertz CT molecular complexity index is 583. The van der Waals surface area contributed by atoms with Gasteiger partial charge in [-0.25, -0.2) is 4.98 Å². The van der Waals surface area contributed by atoms with Crippen LogP contribution in [0.25, 0.3) is 0 Å². The lowest BCUT2D eigenvalue weighted by atomic mass is 9.98. The number of carbonyl (C=O) groups is 1. The highest BCUT2D eigenvalue weighted by molar-refractivity contribution is 7.80. The monoisotopic (exact) mass is 302 g/mol. The summed E-state index contributed by atoms with van der Waals surface area (Å²) in [5, 5.41) is 2.87. The van der Waals surface area contributed by atoms with Crippen LogP contribution in [0.1, 0.15) is 11.3 Å². The Kier molecular flexibility index (Phi) is 5.45. The van der Waals surface area contributed by atoms with Crippen molar-refractivity contribution in [3.8, 4) is 0 Å². The topological polar surface area (TPSA) is 83.8 Å².